The predicted octanol–water partition coefficient (Wildman–Crippen LogP) is 2.34. The number of oxime groups is 1. The van der Waals surface area contributed by atoms with Gasteiger partial charge in [-0.25, -0.2) is 0 Å². The maximum atomic E-state index is 10.9. The molecule has 0 unspecified atom stereocenters. The summed E-state index contributed by atoms with van der Waals surface area (Å²) < 4.78 is 0. The van der Waals surface area contributed by atoms with Gasteiger partial charge in [-0.2, -0.15) is 0 Å². The highest BCUT2D eigenvalue weighted by Gasteiger charge is 1.99. The zero-order chi connectivity index (χ0) is 13.5. The number of carbonyl (C=O) groups excluding carboxylic acids is 1. The summed E-state index contributed by atoms with van der Waals surface area (Å²) in [6.45, 7) is 0.350. The van der Waals surface area contributed by atoms with Crippen molar-refractivity contribution in [2.24, 2.45) is 10.9 Å². The monoisotopic (exact) mass is 254 g/mol. The van der Waals surface area contributed by atoms with Crippen molar-refractivity contribution in [1.82, 2.24) is 0 Å². The van der Waals surface area contributed by atoms with Gasteiger partial charge in [-0.15, -0.1) is 0 Å². The Morgan fingerprint density at radius 1 is 1.11 bits per heavy atom. The molecule has 19 heavy (non-hydrogen) atoms. The van der Waals surface area contributed by atoms with Crippen LogP contribution in [-0.2, 0) is 11.4 Å². The van der Waals surface area contributed by atoms with E-state index in [0.717, 1.165) is 11.1 Å². The molecule has 2 N–H and O–H groups in total. The van der Waals surface area contributed by atoms with Crippen molar-refractivity contribution < 1.29 is 9.63 Å². The van der Waals surface area contributed by atoms with Crippen molar-refractivity contribution in [3.05, 3.63) is 71.3 Å². The van der Waals surface area contributed by atoms with Crippen LogP contribution in [0, 0.1) is 0 Å². The summed E-state index contributed by atoms with van der Waals surface area (Å²) in [6.07, 6.45) is 1.65. The SMILES string of the molecule is NC(=O)c1ccc(CO/N=C/c2ccccc2)cc1. The molecule has 0 radical (unpaired) electrons. The Balaban J connectivity index is 1.86. The third kappa shape index (κ3) is 3.96. The lowest BCUT2D eigenvalue weighted by molar-refractivity contribution is 0.1000. The third-order valence-corrected chi connectivity index (χ3v) is 2.55. The maximum absolute atomic E-state index is 10.9. The molecule has 0 aliphatic heterocycles. The van der Waals surface area contributed by atoms with E-state index in [2.05, 4.69) is 5.16 Å². The Hall–Kier alpha value is -2.62. The first-order valence-electron chi connectivity index (χ1n) is 5.85. The van der Waals surface area contributed by atoms with Crippen LogP contribution in [0.15, 0.2) is 59.8 Å². The van der Waals surface area contributed by atoms with Crippen LogP contribution in [0.5, 0.6) is 0 Å². The average Bonchev–Trinajstić information content (AvgIpc) is 2.45. The second-order valence-electron chi connectivity index (χ2n) is 3.98. The van der Waals surface area contributed by atoms with Gasteiger partial charge in [-0.1, -0.05) is 47.6 Å². The fourth-order valence-corrected chi connectivity index (χ4v) is 1.51. The van der Waals surface area contributed by atoms with Crippen LogP contribution in [0.2, 0.25) is 0 Å². The van der Waals surface area contributed by atoms with Crippen molar-refractivity contribution in [3.63, 3.8) is 0 Å². The van der Waals surface area contributed by atoms with Gasteiger partial charge < -0.3 is 10.6 Å². The number of amides is 1. The molecule has 96 valence electrons. The molecule has 0 aliphatic rings. The molecule has 0 aliphatic carbocycles. The minimum absolute atomic E-state index is 0.350. The smallest absolute Gasteiger partial charge is 0.248 e. The van der Waals surface area contributed by atoms with Gasteiger partial charge in [0, 0.05) is 5.56 Å². The number of nitrogens with two attached hydrogens (primary N) is 1. The molecule has 0 heterocycles. The number of hydrogen-bond donors (Lipinski definition) is 1. The molecule has 0 aromatic heterocycles. The summed E-state index contributed by atoms with van der Waals surface area (Å²) in [7, 11) is 0. The summed E-state index contributed by atoms with van der Waals surface area (Å²) in [5.74, 6) is -0.436. The van der Waals surface area contributed by atoms with Gasteiger partial charge in [0.15, 0.2) is 0 Å². The second kappa shape index (κ2) is 6.35. The van der Waals surface area contributed by atoms with Crippen LogP contribution < -0.4 is 5.73 Å². The van der Waals surface area contributed by atoms with E-state index in [1.807, 2.05) is 30.3 Å². The molecule has 0 fully saturated rings. The van der Waals surface area contributed by atoms with Gasteiger partial charge in [0.25, 0.3) is 0 Å². The standard InChI is InChI=1S/C15H14N2O2/c16-15(18)14-8-6-13(7-9-14)11-19-17-10-12-4-2-1-3-5-12/h1-10H,11H2,(H2,16,18)/b17-10+. The van der Waals surface area contributed by atoms with E-state index in [9.17, 15) is 4.79 Å². The van der Waals surface area contributed by atoms with E-state index in [1.54, 1.807) is 30.5 Å². The van der Waals surface area contributed by atoms with Gasteiger partial charge in [-0.3, -0.25) is 4.79 Å². The Morgan fingerprint density at radius 2 is 1.79 bits per heavy atom. The Labute approximate surface area is 111 Å². The van der Waals surface area contributed by atoms with Crippen LogP contribution in [0.1, 0.15) is 21.5 Å². The molecule has 0 saturated carbocycles. The van der Waals surface area contributed by atoms with Gasteiger partial charge in [-0.05, 0) is 23.3 Å². The zero-order valence-electron chi connectivity index (χ0n) is 10.3. The number of rotatable bonds is 5. The topological polar surface area (TPSA) is 64.7 Å². The highest BCUT2D eigenvalue weighted by Crippen LogP contribution is 2.05. The van der Waals surface area contributed by atoms with E-state index in [-0.39, 0.29) is 0 Å². The van der Waals surface area contributed by atoms with Crippen molar-refractivity contribution in [2.45, 2.75) is 6.61 Å². The van der Waals surface area contributed by atoms with Gasteiger partial charge in [0.2, 0.25) is 5.91 Å². The number of nitrogens with zero attached hydrogens (tertiary/aromatic N) is 1. The molecular weight excluding hydrogens is 240 g/mol. The number of benzene rings is 2. The lowest BCUT2D eigenvalue weighted by atomic mass is 10.1. The Bertz CT molecular complexity index is 562. The van der Waals surface area contributed by atoms with E-state index < -0.39 is 5.91 Å². The summed E-state index contributed by atoms with van der Waals surface area (Å²) in [5, 5.41) is 3.88. The highest BCUT2D eigenvalue weighted by molar-refractivity contribution is 5.92. The number of primary amides is 1. The lowest BCUT2D eigenvalue weighted by Gasteiger charge is -2.01. The molecule has 4 nitrogen and oxygen atoms in total. The molecule has 1 amide bonds. The minimum Gasteiger partial charge on any atom is -0.391 e. The largest absolute Gasteiger partial charge is 0.391 e. The van der Waals surface area contributed by atoms with Crippen molar-refractivity contribution >= 4 is 12.1 Å². The summed E-state index contributed by atoms with van der Waals surface area (Å²) >= 11 is 0. The number of carbonyl (C=O) groups is 1. The first-order valence-corrected chi connectivity index (χ1v) is 5.85. The Kier molecular flexibility index (Phi) is 4.29. The average molecular weight is 254 g/mol. The normalized spacial score (nSPS) is 10.5. The summed E-state index contributed by atoms with van der Waals surface area (Å²) in [5.41, 5.74) is 7.54. The van der Waals surface area contributed by atoms with Gasteiger partial charge >= 0.3 is 0 Å². The fourth-order valence-electron chi connectivity index (χ4n) is 1.51. The quantitative estimate of drug-likeness (QED) is 0.657. The third-order valence-electron chi connectivity index (χ3n) is 2.55. The molecule has 4 heteroatoms. The summed E-state index contributed by atoms with van der Waals surface area (Å²) in [6, 6.07) is 16.6. The van der Waals surface area contributed by atoms with E-state index >= 15 is 0 Å². The molecule has 0 spiro atoms. The molecule has 0 bridgehead atoms. The van der Waals surface area contributed by atoms with E-state index in [1.165, 1.54) is 0 Å². The molecule has 2 aromatic carbocycles. The first-order chi connectivity index (χ1) is 9.25. The Morgan fingerprint density at radius 3 is 2.42 bits per heavy atom. The van der Waals surface area contributed by atoms with Crippen molar-refractivity contribution in [1.29, 1.82) is 0 Å². The predicted molar refractivity (Wildman–Crippen MR) is 73.8 cm³/mol. The molecular formula is C15H14N2O2. The van der Waals surface area contributed by atoms with Crippen LogP contribution in [0.4, 0.5) is 0 Å². The molecule has 0 saturated heterocycles. The van der Waals surface area contributed by atoms with Crippen LogP contribution in [-0.4, -0.2) is 12.1 Å². The number of hydrogen-bond acceptors (Lipinski definition) is 3. The van der Waals surface area contributed by atoms with Crippen LogP contribution in [0.3, 0.4) is 0 Å². The van der Waals surface area contributed by atoms with E-state index in [4.69, 9.17) is 10.6 Å². The molecule has 2 rings (SSSR count). The zero-order valence-corrected chi connectivity index (χ0v) is 10.3. The molecule has 0 atom stereocenters. The lowest BCUT2D eigenvalue weighted by Crippen LogP contribution is -2.10. The maximum Gasteiger partial charge on any atom is 0.248 e. The van der Waals surface area contributed by atoms with Crippen LogP contribution >= 0.6 is 0 Å². The van der Waals surface area contributed by atoms with Gasteiger partial charge in [0.1, 0.15) is 6.61 Å². The second-order valence-corrected chi connectivity index (χ2v) is 3.98. The van der Waals surface area contributed by atoms with Crippen LogP contribution in [0.25, 0.3) is 0 Å². The minimum atomic E-state index is -0.436. The first kappa shape index (κ1) is 12.8. The highest BCUT2D eigenvalue weighted by atomic mass is 16.6. The van der Waals surface area contributed by atoms with Crippen molar-refractivity contribution in [2.75, 3.05) is 0 Å². The van der Waals surface area contributed by atoms with E-state index in [0.29, 0.717) is 12.2 Å². The molecule has 2 aromatic rings. The van der Waals surface area contributed by atoms with Gasteiger partial charge in [0.05, 0.1) is 6.21 Å². The summed E-state index contributed by atoms with van der Waals surface area (Å²) in [4.78, 5) is 16.1. The fraction of sp³-hybridized carbons (Fsp3) is 0.0667. The van der Waals surface area contributed by atoms with Crippen molar-refractivity contribution in [3.8, 4) is 0 Å².